The van der Waals surface area contributed by atoms with Crippen LogP contribution < -0.4 is 4.90 Å². The van der Waals surface area contributed by atoms with E-state index in [4.69, 9.17) is 0 Å². The highest BCUT2D eigenvalue weighted by Crippen LogP contribution is 2.44. The number of anilines is 1. The summed E-state index contributed by atoms with van der Waals surface area (Å²) >= 11 is 1.25. The van der Waals surface area contributed by atoms with Crippen molar-refractivity contribution >= 4 is 45.2 Å². The van der Waals surface area contributed by atoms with Crippen LogP contribution in [0, 0.1) is 11.6 Å². The molecule has 0 aliphatic carbocycles. The van der Waals surface area contributed by atoms with Crippen LogP contribution in [0.1, 0.15) is 16.5 Å². The summed E-state index contributed by atoms with van der Waals surface area (Å²) in [6, 6.07) is 17.6. The number of rotatable bonds is 3. The number of thiophene rings is 1. The Bertz CT molecular complexity index is 1410. The topological polar surface area (TPSA) is 57.6 Å². The Hall–Kier alpha value is -3.84. The minimum absolute atomic E-state index is 0.169. The number of halogens is 2. The molecule has 0 saturated carbocycles. The number of nitrogens with zero attached hydrogens (tertiary/aromatic N) is 1. The van der Waals surface area contributed by atoms with Crippen molar-refractivity contribution in [3.8, 4) is 0 Å². The molecule has 158 valence electrons. The molecule has 1 atom stereocenters. The lowest BCUT2D eigenvalue weighted by atomic mass is 9.96. The van der Waals surface area contributed by atoms with Crippen molar-refractivity contribution in [1.82, 2.24) is 0 Å². The average molecular weight is 447 g/mol. The first-order valence-corrected chi connectivity index (χ1v) is 10.6. The predicted octanol–water partition coefficient (Wildman–Crippen LogP) is 5.81. The van der Waals surface area contributed by atoms with Gasteiger partial charge in [0.05, 0.1) is 11.3 Å². The fourth-order valence-electron chi connectivity index (χ4n) is 4.04. The molecule has 1 saturated heterocycles. The Morgan fingerprint density at radius 3 is 2.50 bits per heavy atom. The van der Waals surface area contributed by atoms with Gasteiger partial charge in [-0.2, -0.15) is 0 Å². The number of ketones is 1. The Kier molecular flexibility index (Phi) is 4.83. The summed E-state index contributed by atoms with van der Waals surface area (Å²) < 4.78 is 28.6. The van der Waals surface area contributed by atoms with E-state index < -0.39 is 29.4 Å². The summed E-state index contributed by atoms with van der Waals surface area (Å²) in [7, 11) is 0. The molecular weight excluding hydrogens is 432 g/mol. The number of amides is 1. The van der Waals surface area contributed by atoms with Crippen molar-refractivity contribution in [2.45, 2.75) is 6.04 Å². The van der Waals surface area contributed by atoms with Gasteiger partial charge in [0.25, 0.3) is 11.7 Å². The van der Waals surface area contributed by atoms with E-state index >= 15 is 0 Å². The van der Waals surface area contributed by atoms with E-state index in [0.717, 1.165) is 28.5 Å². The number of aliphatic hydroxyl groups is 1. The van der Waals surface area contributed by atoms with Gasteiger partial charge in [0.1, 0.15) is 23.4 Å². The second-order valence-corrected chi connectivity index (χ2v) is 8.29. The molecule has 0 spiro atoms. The van der Waals surface area contributed by atoms with Gasteiger partial charge in [0.15, 0.2) is 0 Å². The van der Waals surface area contributed by atoms with Crippen LogP contribution in [0.4, 0.5) is 14.5 Å². The monoisotopic (exact) mass is 447 g/mol. The van der Waals surface area contributed by atoms with E-state index in [2.05, 4.69) is 0 Å². The molecule has 4 nitrogen and oxygen atoms in total. The summed E-state index contributed by atoms with van der Waals surface area (Å²) in [5.41, 5.74) is -0.151. The zero-order chi connectivity index (χ0) is 22.4. The molecule has 0 bridgehead atoms. The second-order valence-electron chi connectivity index (χ2n) is 7.31. The number of carbonyl (C=O) groups excluding carboxylic acids is 2. The third kappa shape index (κ3) is 3.09. The molecule has 32 heavy (non-hydrogen) atoms. The van der Waals surface area contributed by atoms with E-state index in [9.17, 15) is 23.5 Å². The van der Waals surface area contributed by atoms with Gasteiger partial charge in [-0.1, -0.05) is 48.5 Å². The van der Waals surface area contributed by atoms with Crippen molar-refractivity contribution < 1.29 is 23.5 Å². The zero-order valence-corrected chi connectivity index (χ0v) is 17.3. The first kappa shape index (κ1) is 20.1. The lowest BCUT2D eigenvalue weighted by Gasteiger charge is -2.24. The van der Waals surface area contributed by atoms with Crippen molar-refractivity contribution in [1.29, 1.82) is 0 Å². The largest absolute Gasteiger partial charge is 0.507 e. The Morgan fingerprint density at radius 2 is 1.72 bits per heavy atom. The van der Waals surface area contributed by atoms with E-state index in [1.54, 1.807) is 41.8 Å². The quantitative estimate of drug-likeness (QED) is 0.245. The summed E-state index contributed by atoms with van der Waals surface area (Å²) in [5, 5.41) is 14.6. The van der Waals surface area contributed by atoms with Gasteiger partial charge in [0.2, 0.25) is 0 Å². The number of carbonyl (C=O) groups is 2. The van der Waals surface area contributed by atoms with Crippen LogP contribution in [-0.4, -0.2) is 16.8 Å². The highest BCUT2D eigenvalue weighted by atomic mass is 32.1. The lowest BCUT2D eigenvalue weighted by Crippen LogP contribution is -2.30. The van der Waals surface area contributed by atoms with Gasteiger partial charge in [-0.3, -0.25) is 14.5 Å². The summed E-state index contributed by atoms with van der Waals surface area (Å²) in [4.78, 5) is 27.6. The number of hydrogen-bond acceptors (Lipinski definition) is 4. The molecule has 0 radical (unpaired) electrons. The Balaban J connectivity index is 1.78. The van der Waals surface area contributed by atoms with E-state index in [1.165, 1.54) is 11.3 Å². The smallest absolute Gasteiger partial charge is 0.300 e. The first-order chi connectivity index (χ1) is 15.5. The maximum Gasteiger partial charge on any atom is 0.300 e. The minimum Gasteiger partial charge on any atom is -0.507 e. The number of Topliss-reactive ketones (excluding diaryl/α,β-unsaturated/α-hetero) is 1. The van der Waals surface area contributed by atoms with Crippen LogP contribution in [0.25, 0.3) is 16.5 Å². The zero-order valence-electron chi connectivity index (χ0n) is 16.5. The van der Waals surface area contributed by atoms with Gasteiger partial charge in [-0.05, 0) is 34.4 Å². The first-order valence-electron chi connectivity index (χ1n) is 9.75. The van der Waals surface area contributed by atoms with Crippen molar-refractivity contribution in [2.24, 2.45) is 0 Å². The van der Waals surface area contributed by atoms with E-state index in [1.807, 2.05) is 18.2 Å². The molecule has 4 aromatic rings. The number of aliphatic hydroxyl groups excluding tert-OH is 1. The second kappa shape index (κ2) is 7.69. The molecule has 1 aliphatic rings. The van der Waals surface area contributed by atoms with Crippen molar-refractivity contribution in [3.63, 3.8) is 0 Å². The molecule has 1 N–H and O–H groups in total. The molecule has 1 unspecified atom stereocenters. The third-order valence-corrected chi connectivity index (χ3v) is 6.39. The van der Waals surface area contributed by atoms with Crippen LogP contribution in [0.15, 0.2) is 83.7 Å². The molecule has 5 rings (SSSR count). The van der Waals surface area contributed by atoms with E-state index in [-0.39, 0.29) is 17.0 Å². The standard InChI is InChI=1S/C25H15F2NO3S/c26-15-10-11-18(27)19(13-15)28-22(20-9-4-12-32-20)21(24(30)25(28)31)23(29)17-8-3-6-14-5-1-2-7-16(14)17/h1-13,22,29H/b23-21-. The molecule has 1 amide bonds. The molecule has 2 heterocycles. The number of hydrogen-bond donors (Lipinski definition) is 1. The summed E-state index contributed by atoms with van der Waals surface area (Å²) in [5.74, 6) is -3.95. The summed E-state index contributed by atoms with van der Waals surface area (Å²) in [6.07, 6.45) is 0. The van der Waals surface area contributed by atoms with Crippen LogP contribution in [-0.2, 0) is 9.59 Å². The van der Waals surface area contributed by atoms with E-state index in [0.29, 0.717) is 15.8 Å². The van der Waals surface area contributed by atoms with Gasteiger partial charge in [-0.15, -0.1) is 11.3 Å². The predicted molar refractivity (Wildman–Crippen MR) is 119 cm³/mol. The fourth-order valence-corrected chi connectivity index (χ4v) is 4.87. The molecule has 1 aromatic heterocycles. The van der Waals surface area contributed by atoms with Crippen LogP contribution in [0.5, 0.6) is 0 Å². The maximum atomic E-state index is 14.6. The van der Waals surface area contributed by atoms with Gasteiger partial charge < -0.3 is 5.11 Å². The van der Waals surface area contributed by atoms with Gasteiger partial charge in [0, 0.05) is 16.5 Å². The molecule has 3 aromatic carbocycles. The van der Waals surface area contributed by atoms with Crippen molar-refractivity contribution in [3.05, 3.63) is 106 Å². The average Bonchev–Trinajstić information content (AvgIpc) is 3.42. The SMILES string of the molecule is O=C1C(=O)N(c2cc(F)ccc2F)C(c2cccs2)/C1=C(/O)c1cccc2ccccc12. The number of benzene rings is 3. The normalized spacial score (nSPS) is 17.9. The van der Waals surface area contributed by atoms with Gasteiger partial charge in [-0.25, -0.2) is 8.78 Å². The van der Waals surface area contributed by atoms with Crippen molar-refractivity contribution in [2.75, 3.05) is 4.90 Å². The highest BCUT2D eigenvalue weighted by molar-refractivity contribution is 7.10. The van der Waals surface area contributed by atoms with Crippen LogP contribution in [0.2, 0.25) is 0 Å². The maximum absolute atomic E-state index is 14.6. The highest BCUT2D eigenvalue weighted by Gasteiger charge is 2.48. The molecule has 1 fully saturated rings. The minimum atomic E-state index is -1.09. The summed E-state index contributed by atoms with van der Waals surface area (Å²) in [6.45, 7) is 0. The van der Waals surface area contributed by atoms with Crippen LogP contribution >= 0.6 is 11.3 Å². The number of fused-ring (bicyclic) bond motifs is 1. The van der Waals surface area contributed by atoms with Crippen LogP contribution in [0.3, 0.4) is 0 Å². The Morgan fingerprint density at radius 1 is 0.938 bits per heavy atom. The third-order valence-electron chi connectivity index (χ3n) is 5.47. The fraction of sp³-hybridized carbons (Fsp3) is 0.0400. The molecular formula is C25H15F2NO3S. The lowest BCUT2D eigenvalue weighted by molar-refractivity contribution is -0.132. The van der Waals surface area contributed by atoms with Gasteiger partial charge >= 0.3 is 0 Å². The Labute approximate surface area is 185 Å². The molecule has 7 heteroatoms. The molecule has 1 aliphatic heterocycles.